The molecule has 1 atom stereocenters. The molecule has 4 heteroatoms. The predicted octanol–water partition coefficient (Wildman–Crippen LogP) is 3.43. The van der Waals surface area contributed by atoms with Crippen molar-refractivity contribution in [1.82, 2.24) is 0 Å². The van der Waals surface area contributed by atoms with Gasteiger partial charge in [-0.05, 0) is 38.0 Å². The standard InChI is InChI=1S/C13H17BrO3/c1-9(2)17-8-7-12(13(15)16)10-3-5-11(14)6-4-10/h3-6,9,12H,7-8H2,1-2H3,(H,15,16). The number of hydrogen-bond donors (Lipinski definition) is 1. The first-order valence-corrected chi connectivity index (χ1v) is 6.40. The normalized spacial score (nSPS) is 12.7. The molecule has 0 aliphatic rings. The first-order valence-electron chi connectivity index (χ1n) is 5.60. The molecular formula is C13H17BrO3. The van der Waals surface area contributed by atoms with E-state index in [0.29, 0.717) is 13.0 Å². The highest BCUT2D eigenvalue weighted by Crippen LogP contribution is 2.22. The van der Waals surface area contributed by atoms with Crippen LogP contribution in [0.4, 0.5) is 0 Å². The molecule has 0 spiro atoms. The van der Waals surface area contributed by atoms with Gasteiger partial charge in [-0.25, -0.2) is 0 Å². The highest BCUT2D eigenvalue weighted by Gasteiger charge is 2.19. The molecule has 0 aliphatic carbocycles. The fourth-order valence-corrected chi connectivity index (χ4v) is 1.81. The highest BCUT2D eigenvalue weighted by molar-refractivity contribution is 9.10. The average Bonchev–Trinajstić information content (AvgIpc) is 2.25. The minimum Gasteiger partial charge on any atom is -0.481 e. The second kappa shape index (κ2) is 6.77. The van der Waals surface area contributed by atoms with Crippen molar-refractivity contribution in [3.8, 4) is 0 Å². The molecule has 0 aliphatic heterocycles. The molecule has 1 rings (SSSR count). The lowest BCUT2D eigenvalue weighted by Gasteiger charge is -2.14. The van der Waals surface area contributed by atoms with Crippen LogP contribution in [0.25, 0.3) is 0 Å². The Labute approximate surface area is 110 Å². The summed E-state index contributed by atoms with van der Waals surface area (Å²) in [5.74, 6) is -1.30. The molecule has 0 bridgehead atoms. The molecular weight excluding hydrogens is 284 g/mol. The molecule has 0 saturated heterocycles. The number of carboxylic acids is 1. The lowest BCUT2D eigenvalue weighted by Crippen LogP contribution is -2.15. The van der Waals surface area contributed by atoms with Gasteiger partial charge in [-0.3, -0.25) is 4.79 Å². The van der Waals surface area contributed by atoms with E-state index < -0.39 is 11.9 Å². The lowest BCUT2D eigenvalue weighted by atomic mass is 9.96. The number of carbonyl (C=O) groups is 1. The van der Waals surface area contributed by atoms with Crippen LogP contribution in [0.1, 0.15) is 31.7 Å². The minimum atomic E-state index is -0.806. The summed E-state index contributed by atoms with van der Waals surface area (Å²) in [6, 6.07) is 7.37. The lowest BCUT2D eigenvalue weighted by molar-refractivity contribution is -0.139. The van der Waals surface area contributed by atoms with Gasteiger partial charge in [0.05, 0.1) is 12.0 Å². The number of halogens is 1. The van der Waals surface area contributed by atoms with Gasteiger partial charge in [-0.15, -0.1) is 0 Å². The maximum absolute atomic E-state index is 11.2. The van der Waals surface area contributed by atoms with Crippen LogP contribution in [0.15, 0.2) is 28.7 Å². The number of ether oxygens (including phenoxy) is 1. The number of hydrogen-bond acceptors (Lipinski definition) is 2. The minimum absolute atomic E-state index is 0.134. The summed E-state index contributed by atoms with van der Waals surface area (Å²) in [7, 11) is 0. The molecule has 0 heterocycles. The largest absolute Gasteiger partial charge is 0.481 e. The molecule has 0 amide bonds. The van der Waals surface area contributed by atoms with Crippen molar-refractivity contribution in [2.75, 3.05) is 6.61 Å². The van der Waals surface area contributed by atoms with Crippen molar-refractivity contribution in [3.05, 3.63) is 34.3 Å². The van der Waals surface area contributed by atoms with Gasteiger partial charge in [-0.1, -0.05) is 28.1 Å². The van der Waals surface area contributed by atoms with Gasteiger partial charge in [-0.2, -0.15) is 0 Å². The van der Waals surface area contributed by atoms with Crippen LogP contribution < -0.4 is 0 Å². The Bertz CT molecular complexity index is 359. The second-order valence-corrected chi connectivity index (χ2v) is 5.07. The summed E-state index contributed by atoms with van der Waals surface area (Å²) in [5.41, 5.74) is 0.813. The van der Waals surface area contributed by atoms with Crippen LogP contribution in [0.2, 0.25) is 0 Å². The van der Waals surface area contributed by atoms with E-state index in [9.17, 15) is 9.90 Å². The van der Waals surface area contributed by atoms with Gasteiger partial charge in [0.2, 0.25) is 0 Å². The second-order valence-electron chi connectivity index (χ2n) is 4.15. The Hall–Kier alpha value is -0.870. The van der Waals surface area contributed by atoms with Crippen LogP contribution in [0.3, 0.4) is 0 Å². The third-order valence-corrected chi connectivity index (χ3v) is 2.96. The molecule has 1 aromatic rings. The molecule has 3 nitrogen and oxygen atoms in total. The maximum atomic E-state index is 11.2. The van der Waals surface area contributed by atoms with Crippen LogP contribution in [0.5, 0.6) is 0 Å². The number of benzene rings is 1. The zero-order valence-electron chi connectivity index (χ0n) is 10.0. The van der Waals surface area contributed by atoms with Crippen molar-refractivity contribution < 1.29 is 14.6 Å². The monoisotopic (exact) mass is 300 g/mol. The highest BCUT2D eigenvalue weighted by atomic mass is 79.9. The Kier molecular flexibility index (Phi) is 5.65. The molecule has 0 fully saturated rings. The zero-order chi connectivity index (χ0) is 12.8. The van der Waals surface area contributed by atoms with E-state index in [4.69, 9.17) is 4.74 Å². The molecule has 1 aromatic carbocycles. The van der Waals surface area contributed by atoms with Gasteiger partial charge in [0.1, 0.15) is 0 Å². The Balaban J connectivity index is 2.66. The molecule has 94 valence electrons. The van der Waals surface area contributed by atoms with Gasteiger partial charge >= 0.3 is 5.97 Å². The van der Waals surface area contributed by atoms with Crippen molar-refractivity contribution in [3.63, 3.8) is 0 Å². The summed E-state index contributed by atoms with van der Waals surface area (Å²) < 4.78 is 6.34. The third kappa shape index (κ3) is 4.88. The summed E-state index contributed by atoms with van der Waals surface area (Å²) in [6.07, 6.45) is 0.629. The van der Waals surface area contributed by atoms with Gasteiger partial charge in [0.15, 0.2) is 0 Å². The van der Waals surface area contributed by atoms with Crippen molar-refractivity contribution >= 4 is 21.9 Å². The number of aliphatic carboxylic acids is 1. The average molecular weight is 301 g/mol. The Morgan fingerprint density at radius 2 is 1.94 bits per heavy atom. The summed E-state index contributed by atoms with van der Waals surface area (Å²) >= 11 is 3.33. The molecule has 1 unspecified atom stereocenters. The van der Waals surface area contributed by atoms with Gasteiger partial charge in [0, 0.05) is 11.1 Å². The van der Waals surface area contributed by atoms with E-state index in [-0.39, 0.29) is 6.10 Å². The van der Waals surface area contributed by atoms with E-state index in [1.807, 2.05) is 38.1 Å². The van der Waals surface area contributed by atoms with E-state index >= 15 is 0 Å². The van der Waals surface area contributed by atoms with Gasteiger partial charge < -0.3 is 9.84 Å². The fraction of sp³-hybridized carbons (Fsp3) is 0.462. The first kappa shape index (κ1) is 14.2. The van der Waals surface area contributed by atoms with Crippen LogP contribution in [-0.4, -0.2) is 23.8 Å². The maximum Gasteiger partial charge on any atom is 0.311 e. The molecule has 0 saturated carbocycles. The van der Waals surface area contributed by atoms with Crippen LogP contribution in [-0.2, 0) is 9.53 Å². The summed E-state index contributed by atoms with van der Waals surface area (Å²) in [6.45, 7) is 4.34. The quantitative estimate of drug-likeness (QED) is 0.875. The third-order valence-electron chi connectivity index (χ3n) is 2.43. The van der Waals surface area contributed by atoms with Crippen LogP contribution >= 0.6 is 15.9 Å². The predicted molar refractivity (Wildman–Crippen MR) is 70.2 cm³/mol. The Morgan fingerprint density at radius 1 is 1.35 bits per heavy atom. The Morgan fingerprint density at radius 3 is 2.41 bits per heavy atom. The van der Waals surface area contributed by atoms with E-state index in [0.717, 1.165) is 10.0 Å². The van der Waals surface area contributed by atoms with Crippen molar-refractivity contribution in [2.45, 2.75) is 32.3 Å². The molecule has 0 radical (unpaired) electrons. The number of rotatable bonds is 6. The smallest absolute Gasteiger partial charge is 0.311 e. The molecule has 17 heavy (non-hydrogen) atoms. The topological polar surface area (TPSA) is 46.5 Å². The molecule has 1 N–H and O–H groups in total. The summed E-state index contributed by atoms with van der Waals surface area (Å²) in [4.78, 5) is 11.2. The van der Waals surface area contributed by atoms with E-state index in [1.165, 1.54) is 0 Å². The van der Waals surface area contributed by atoms with E-state index in [2.05, 4.69) is 15.9 Å². The SMILES string of the molecule is CC(C)OCCC(C(=O)O)c1ccc(Br)cc1. The number of carboxylic acid groups (broad SMARTS) is 1. The van der Waals surface area contributed by atoms with Crippen molar-refractivity contribution in [1.29, 1.82) is 0 Å². The summed E-state index contributed by atoms with van der Waals surface area (Å²) in [5, 5.41) is 9.19. The van der Waals surface area contributed by atoms with Crippen molar-refractivity contribution in [2.24, 2.45) is 0 Å². The first-order chi connectivity index (χ1) is 8.00. The fourth-order valence-electron chi connectivity index (χ4n) is 1.55. The van der Waals surface area contributed by atoms with Gasteiger partial charge in [0.25, 0.3) is 0 Å². The van der Waals surface area contributed by atoms with Crippen LogP contribution in [0, 0.1) is 0 Å². The van der Waals surface area contributed by atoms with E-state index in [1.54, 1.807) is 0 Å². The molecule has 0 aromatic heterocycles. The zero-order valence-corrected chi connectivity index (χ0v) is 11.6.